The summed E-state index contributed by atoms with van der Waals surface area (Å²) in [5.41, 5.74) is 0. The van der Waals surface area contributed by atoms with Gasteiger partial charge in [0.15, 0.2) is 6.10 Å². The first-order chi connectivity index (χ1) is 9.85. The highest BCUT2D eigenvalue weighted by molar-refractivity contribution is 6.32. The second kappa shape index (κ2) is 7.83. The molecule has 7 heteroatoms. The zero-order valence-electron chi connectivity index (χ0n) is 11.7. The van der Waals surface area contributed by atoms with Crippen LogP contribution in [-0.4, -0.2) is 29.1 Å². The van der Waals surface area contributed by atoms with E-state index in [0.717, 1.165) is 12.1 Å². The van der Waals surface area contributed by atoms with Crippen molar-refractivity contribution in [1.82, 2.24) is 5.32 Å². The Kier molecular flexibility index (Phi) is 6.42. The third-order valence-corrected chi connectivity index (χ3v) is 3.05. The Labute approximate surface area is 127 Å². The van der Waals surface area contributed by atoms with E-state index in [9.17, 15) is 14.0 Å². The fourth-order valence-electron chi connectivity index (χ4n) is 1.65. The molecule has 0 fully saturated rings. The Balaban J connectivity index is 2.67. The van der Waals surface area contributed by atoms with Gasteiger partial charge in [0, 0.05) is 0 Å². The number of ether oxygens (including phenoxy) is 1. The molecule has 2 unspecified atom stereocenters. The maximum absolute atomic E-state index is 12.9. The third kappa shape index (κ3) is 5.23. The molecule has 116 valence electrons. The summed E-state index contributed by atoms with van der Waals surface area (Å²) < 4.78 is 18.2. The summed E-state index contributed by atoms with van der Waals surface area (Å²) in [5.74, 6) is -2.03. The number of carboxylic acids is 1. The lowest BCUT2D eigenvalue weighted by atomic mass is 10.1. The van der Waals surface area contributed by atoms with Crippen LogP contribution >= 0.6 is 11.6 Å². The number of halogens is 2. The molecule has 0 aliphatic heterocycles. The largest absolute Gasteiger partial charge is 0.480 e. The van der Waals surface area contributed by atoms with Crippen LogP contribution in [0.2, 0.25) is 5.02 Å². The number of amides is 1. The molecule has 0 saturated heterocycles. The minimum Gasteiger partial charge on any atom is -0.480 e. The lowest BCUT2D eigenvalue weighted by Gasteiger charge is -2.19. The highest BCUT2D eigenvalue weighted by Gasteiger charge is 2.23. The normalized spacial score (nSPS) is 13.3. The van der Waals surface area contributed by atoms with Crippen LogP contribution in [-0.2, 0) is 9.59 Å². The molecule has 2 atom stereocenters. The van der Waals surface area contributed by atoms with Gasteiger partial charge in [-0.3, -0.25) is 4.79 Å². The Bertz CT molecular complexity index is 524. The van der Waals surface area contributed by atoms with Gasteiger partial charge in [-0.15, -0.1) is 0 Å². The van der Waals surface area contributed by atoms with E-state index >= 15 is 0 Å². The van der Waals surface area contributed by atoms with E-state index in [4.69, 9.17) is 21.4 Å². The molecule has 1 aromatic carbocycles. The van der Waals surface area contributed by atoms with E-state index in [1.165, 1.54) is 13.0 Å². The van der Waals surface area contributed by atoms with Gasteiger partial charge in [0.25, 0.3) is 5.91 Å². The summed E-state index contributed by atoms with van der Waals surface area (Å²) in [4.78, 5) is 22.9. The Morgan fingerprint density at radius 1 is 1.48 bits per heavy atom. The number of benzene rings is 1. The number of hydrogen-bond acceptors (Lipinski definition) is 3. The van der Waals surface area contributed by atoms with Crippen LogP contribution in [0.5, 0.6) is 5.75 Å². The van der Waals surface area contributed by atoms with Crippen LogP contribution < -0.4 is 10.1 Å². The molecule has 0 saturated carbocycles. The minimum atomic E-state index is -1.10. The highest BCUT2D eigenvalue weighted by atomic mass is 35.5. The van der Waals surface area contributed by atoms with Gasteiger partial charge in [0.2, 0.25) is 0 Å². The van der Waals surface area contributed by atoms with Crippen molar-refractivity contribution in [3.63, 3.8) is 0 Å². The zero-order chi connectivity index (χ0) is 16.0. The van der Waals surface area contributed by atoms with Crippen LogP contribution in [0, 0.1) is 5.82 Å². The van der Waals surface area contributed by atoms with Crippen LogP contribution in [0.25, 0.3) is 0 Å². The van der Waals surface area contributed by atoms with Crippen molar-refractivity contribution in [2.75, 3.05) is 0 Å². The smallest absolute Gasteiger partial charge is 0.326 e. The van der Waals surface area contributed by atoms with Crippen molar-refractivity contribution in [3.05, 3.63) is 29.0 Å². The number of nitrogens with one attached hydrogen (secondary N) is 1. The predicted octanol–water partition coefficient (Wildman–Crippen LogP) is 2.62. The average molecular weight is 318 g/mol. The Morgan fingerprint density at radius 3 is 2.67 bits per heavy atom. The SMILES string of the molecule is CCCC(NC(=O)C(C)Oc1ccc(F)cc1Cl)C(=O)O. The van der Waals surface area contributed by atoms with Crippen LogP contribution in [0.15, 0.2) is 18.2 Å². The molecule has 1 amide bonds. The first-order valence-corrected chi connectivity index (χ1v) is 6.87. The lowest BCUT2D eigenvalue weighted by Crippen LogP contribution is -2.46. The maximum Gasteiger partial charge on any atom is 0.326 e. The minimum absolute atomic E-state index is 0.0398. The quantitative estimate of drug-likeness (QED) is 0.810. The third-order valence-electron chi connectivity index (χ3n) is 2.76. The number of aliphatic carboxylic acids is 1. The molecule has 21 heavy (non-hydrogen) atoms. The van der Waals surface area contributed by atoms with E-state index in [-0.39, 0.29) is 10.8 Å². The molecular formula is C14H17ClFNO4. The molecule has 0 aromatic heterocycles. The topological polar surface area (TPSA) is 75.6 Å². The van der Waals surface area contributed by atoms with E-state index in [1.807, 2.05) is 6.92 Å². The lowest BCUT2D eigenvalue weighted by molar-refractivity contribution is -0.143. The number of carbonyl (C=O) groups excluding carboxylic acids is 1. The number of carboxylic acid groups (broad SMARTS) is 1. The van der Waals surface area contributed by atoms with Gasteiger partial charge in [0.1, 0.15) is 17.6 Å². The number of rotatable bonds is 7. The van der Waals surface area contributed by atoms with Gasteiger partial charge in [-0.1, -0.05) is 24.9 Å². The van der Waals surface area contributed by atoms with Gasteiger partial charge in [-0.05, 0) is 31.5 Å². The molecule has 0 radical (unpaired) electrons. The summed E-state index contributed by atoms with van der Waals surface area (Å²) in [5, 5.41) is 11.4. The first-order valence-electron chi connectivity index (χ1n) is 6.50. The second-order valence-corrected chi connectivity index (χ2v) is 4.93. The first kappa shape index (κ1) is 17.2. The summed E-state index contributed by atoms with van der Waals surface area (Å²) in [7, 11) is 0. The van der Waals surface area contributed by atoms with Gasteiger partial charge in [0.05, 0.1) is 5.02 Å². The second-order valence-electron chi connectivity index (χ2n) is 4.52. The summed E-state index contributed by atoms with van der Waals surface area (Å²) in [6.45, 7) is 3.28. The standard InChI is InChI=1S/C14H17ClFNO4/c1-3-4-11(14(19)20)17-13(18)8(2)21-12-6-5-9(16)7-10(12)15/h5-8,11H,3-4H2,1-2H3,(H,17,18)(H,19,20). The molecule has 0 bridgehead atoms. The Hall–Kier alpha value is -1.82. The van der Waals surface area contributed by atoms with Crippen molar-refractivity contribution >= 4 is 23.5 Å². The summed E-state index contributed by atoms with van der Waals surface area (Å²) >= 11 is 5.79. The van der Waals surface area contributed by atoms with Crippen molar-refractivity contribution in [2.24, 2.45) is 0 Å². The van der Waals surface area contributed by atoms with Gasteiger partial charge < -0.3 is 15.2 Å². The van der Waals surface area contributed by atoms with Gasteiger partial charge >= 0.3 is 5.97 Å². The molecule has 2 N–H and O–H groups in total. The van der Waals surface area contributed by atoms with Gasteiger partial charge in [-0.25, -0.2) is 9.18 Å². The van der Waals surface area contributed by atoms with E-state index < -0.39 is 29.8 Å². The average Bonchev–Trinajstić information content (AvgIpc) is 2.41. The van der Waals surface area contributed by atoms with Crippen LogP contribution in [0.3, 0.4) is 0 Å². The number of hydrogen-bond donors (Lipinski definition) is 2. The predicted molar refractivity (Wildman–Crippen MR) is 76.0 cm³/mol. The van der Waals surface area contributed by atoms with E-state index in [1.54, 1.807) is 0 Å². The molecular weight excluding hydrogens is 301 g/mol. The van der Waals surface area contributed by atoms with Crippen molar-refractivity contribution in [1.29, 1.82) is 0 Å². The molecule has 1 aromatic rings. The maximum atomic E-state index is 12.9. The van der Waals surface area contributed by atoms with Crippen LogP contribution in [0.4, 0.5) is 4.39 Å². The van der Waals surface area contributed by atoms with Crippen molar-refractivity contribution in [2.45, 2.75) is 38.8 Å². The van der Waals surface area contributed by atoms with E-state index in [2.05, 4.69) is 5.32 Å². The Morgan fingerprint density at radius 2 is 2.14 bits per heavy atom. The van der Waals surface area contributed by atoms with E-state index in [0.29, 0.717) is 12.8 Å². The summed E-state index contributed by atoms with van der Waals surface area (Å²) in [6, 6.07) is 2.57. The fraction of sp³-hybridized carbons (Fsp3) is 0.429. The molecule has 5 nitrogen and oxygen atoms in total. The zero-order valence-corrected chi connectivity index (χ0v) is 12.5. The molecule has 0 spiro atoms. The summed E-state index contributed by atoms with van der Waals surface area (Å²) in [6.07, 6.45) is -0.00635. The molecule has 1 rings (SSSR count). The monoisotopic (exact) mass is 317 g/mol. The number of carbonyl (C=O) groups is 2. The van der Waals surface area contributed by atoms with Crippen molar-refractivity contribution < 1.29 is 23.8 Å². The molecule has 0 heterocycles. The highest BCUT2D eigenvalue weighted by Crippen LogP contribution is 2.25. The fourth-order valence-corrected chi connectivity index (χ4v) is 1.86. The van der Waals surface area contributed by atoms with Crippen molar-refractivity contribution in [3.8, 4) is 5.75 Å². The van der Waals surface area contributed by atoms with Gasteiger partial charge in [-0.2, -0.15) is 0 Å². The molecule has 0 aliphatic rings. The van der Waals surface area contributed by atoms with Crippen LogP contribution in [0.1, 0.15) is 26.7 Å². The molecule has 0 aliphatic carbocycles.